The molecule has 19 heavy (non-hydrogen) atoms. The molecule has 0 atom stereocenters. The van der Waals surface area contributed by atoms with Crippen LogP contribution in [0.2, 0.25) is 0 Å². The molecular formula is C14H17N3O2. The molecule has 5 heteroatoms. The van der Waals surface area contributed by atoms with Crippen LogP contribution in [-0.2, 0) is 0 Å². The number of rotatable bonds is 4. The molecule has 1 fully saturated rings. The molecule has 0 amide bonds. The van der Waals surface area contributed by atoms with Crippen LogP contribution in [0.4, 0.5) is 11.4 Å². The number of anilines is 1. The van der Waals surface area contributed by atoms with Gasteiger partial charge in [-0.2, -0.15) is 5.26 Å². The Labute approximate surface area is 112 Å². The Balaban J connectivity index is 2.16. The van der Waals surface area contributed by atoms with Gasteiger partial charge in [-0.3, -0.25) is 10.1 Å². The molecule has 0 heterocycles. The quantitative estimate of drug-likeness (QED) is 0.615. The lowest BCUT2D eigenvalue weighted by Gasteiger charge is -2.23. The van der Waals surface area contributed by atoms with Crippen LogP contribution in [0.1, 0.15) is 31.2 Å². The normalized spacial score (nSPS) is 15.2. The van der Waals surface area contributed by atoms with Crippen molar-refractivity contribution in [3.05, 3.63) is 33.9 Å². The topological polar surface area (TPSA) is 70.2 Å². The third-order valence-electron chi connectivity index (χ3n) is 3.74. The maximum absolute atomic E-state index is 10.8. The van der Waals surface area contributed by atoms with Crippen LogP contribution in [0.25, 0.3) is 0 Å². The van der Waals surface area contributed by atoms with Crippen molar-refractivity contribution < 1.29 is 4.92 Å². The molecule has 0 bridgehead atoms. The van der Waals surface area contributed by atoms with Gasteiger partial charge in [-0.05, 0) is 30.9 Å². The highest BCUT2D eigenvalue weighted by Crippen LogP contribution is 2.28. The highest BCUT2D eigenvalue weighted by molar-refractivity contribution is 5.59. The Hall–Kier alpha value is -2.09. The Bertz CT molecular complexity index is 516. The van der Waals surface area contributed by atoms with Gasteiger partial charge in [0, 0.05) is 25.3 Å². The number of nitro groups is 1. The van der Waals surface area contributed by atoms with Gasteiger partial charge >= 0.3 is 0 Å². The van der Waals surface area contributed by atoms with E-state index in [4.69, 9.17) is 5.26 Å². The van der Waals surface area contributed by atoms with Gasteiger partial charge < -0.3 is 4.90 Å². The summed E-state index contributed by atoms with van der Waals surface area (Å²) in [4.78, 5) is 12.4. The van der Waals surface area contributed by atoms with Crippen molar-refractivity contribution in [3.8, 4) is 6.07 Å². The van der Waals surface area contributed by atoms with Crippen molar-refractivity contribution in [2.45, 2.75) is 25.7 Å². The summed E-state index contributed by atoms with van der Waals surface area (Å²) in [5, 5.41) is 19.8. The first-order chi connectivity index (χ1) is 9.11. The average Bonchev–Trinajstić information content (AvgIpc) is 2.90. The predicted octanol–water partition coefficient (Wildman–Crippen LogP) is 3.09. The summed E-state index contributed by atoms with van der Waals surface area (Å²) < 4.78 is 0. The average molecular weight is 259 g/mol. The fourth-order valence-corrected chi connectivity index (χ4v) is 2.70. The molecule has 0 radical (unpaired) electrons. The number of hydrogen-bond donors (Lipinski definition) is 0. The fraction of sp³-hybridized carbons (Fsp3) is 0.500. The summed E-state index contributed by atoms with van der Waals surface area (Å²) >= 11 is 0. The molecule has 0 unspecified atom stereocenters. The fourth-order valence-electron chi connectivity index (χ4n) is 2.70. The molecule has 1 saturated carbocycles. The van der Waals surface area contributed by atoms with Gasteiger partial charge in [0.05, 0.1) is 4.92 Å². The molecule has 5 nitrogen and oxygen atoms in total. The number of nitrogens with zero attached hydrogens (tertiary/aromatic N) is 3. The first-order valence-electron chi connectivity index (χ1n) is 6.51. The maximum Gasteiger partial charge on any atom is 0.287 e. The molecule has 0 spiro atoms. The minimum atomic E-state index is -0.515. The van der Waals surface area contributed by atoms with Crippen LogP contribution in [0.3, 0.4) is 0 Å². The number of nitro benzene ring substituents is 1. The largest absolute Gasteiger partial charge is 0.374 e. The second-order valence-electron chi connectivity index (χ2n) is 5.10. The number of hydrogen-bond acceptors (Lipinski definition) is 4. The highest BCUT2D eigenvalue weighted by Gasteiger charge is 2.19. The summed E-state index contributed by atoms with van der Waals surface area (Å²) in [6.07, 6.45) is 5.09. The predicted molar refractivity (Wildman–Crippen MR) is 73.0 cm³/mol. The smallest absolute Gasteiger partial charge is 0.287 e. The van der Waals surface area contributed by atoms with E-state index in [-0.39, 0.29) is 11.3 Å². The molecule has 0 saturated heterocycles. The first-order valence-corrected chi connectivity index (χ1v) is 6.51. The summed E-state index contributed by atoms with van der Waals surface area (Å²) in [5.74, 6) is 0.700. The van der Waals surface area contributed by atoms with Crippen LogP contribution >= 0.6 is 0 Å². The van der Waals surface area contributed by atoms with E-state index in [9.17, 15) is 10.1 Å². The van der Waals surface area contributed by atoms with Gasteiger partial charge in [0.25, 0.3) is 5.69 Å². The lowest BCUT2D eigenvalue weighted by atomic mass is 10.1. The van der Waals surface area contributed by atoms with Crippen molar-refractivity contribution in [2.75, 3.05) is 18.5 Å². The van der Waals surface area contributed by atoms with E-state index >= 15 is 0 Å². The molecule has 0 aliphatic heterocycles. The van der Waals surface area contributed by atoms with E-state index in [2.05, 4.69) is 4.90 Å². The van der Waals surface area contributed by atoms with E-state index in [0.717, 1.165) is 12.2 Å². The van der Waals surface area contributed by atoms with Gasteiger partial charge in [0.15, 0.2) is 0 Å². The lowest BCUT2D eigenvalue weighted by molar-refractivity contribution is -0.385. The molecule has 0 N–H and O–H groups in total. The summed E-state index contributed by atoms with van der Waals surface area (Å²) in [6.45, 7) is 0.947. The lowest BCUT2D eigenvalue weighted by Crippen LogP contribution is -2.24. The first kappa shape index (κ1) is 13.3. The Morgan fingerprint density at radius 1 is 1.47 bits per heavy atom. The van der Waals surface area contributed by atoms with E-state index in [1.165, 1.54) is 31.7 Å². The zero-order valence-corrected chi connectivity index (χ0v) is 11.0. The Morgan fingerprint density at radius 3 is 2.74 bits per heavy atom. The number of nitriles is 1. The molecule has 1 aliphatic carbocycles. The minimum absolute atomic E-state index is 0.125. The van der Waals surface area contributed by atoms with Crippen LogP contribution in [0, 0.1) is 27.4 Å². The van der Waals surface area contributed by atoms with Crippen molar-refractivity contribution >= 4 is 11.4 Å². The third kappa shape index (κ3) is 3.02. The maximum atomic E-state index is 10.8. The summed E-state index contributed by atoms with van der Waals surface area (Å²) in [5.41, 5.74) is 0.871. The van der Waals surface area contributed by atoms with Gasteiger partial charge in [-0.25, -0.2) is 0 Å². The molecular weight excluding hydrogens is 242 g/mol. The SMILES string of the molecule is CN(CC1CCCC1)c1ccc([N+](=O)[O-])c(C#N)c1. The van der Waals surface area contributed by atoms with Gasteiger partial charge in [0.2, 0.25) is 0 Å². The van der Waals surface area contributed by atoms with Crippen molar-refractivity contribution in [1.29, 1.82) is 5.26 Å². The second kappa shape index (κ2) is 5.70. The van der Waals surface area contributed by atoms with Crippen LogP contribution in [0.5, 0.6) is 0 Å². The molecule has 100 valence electrons. The molecule has 1 aliphatic rings. The monoisotopic (exact) mass is 259 g/mol. The van der Waals surface area contributed by atoms with E-state index in [1.807, 2.05) is 13.1 Å². The van der Waals surface area contributed by atoms with Gasteiger partial charge in [-0.1, -0.05) is 12.8 Å². The van der Waals surface area contributed by atoms with Gasteiger partial charge in [0.1, 0.15) is 11.6 Å². The van der Waals surface area contributed by atoms with Crippen molar-refractivity contribution in [2.24, 2.45) is 5.92 Å². The van der Waals surface area contributed by atoms with Crippen molar-refractivity contribution in [3.63, 3.8) is 0 Å². The molecule has 1 aromatic rings. The van der Waals surface area contributed by atoms with Crippen LogP contribution in [-0.4, -0.2) is 18.5 Å². The standard InChI is InChI=1S/C14H17N3O2/c1-16(10-11-4-2-3-5-11)13-6-7-14(17(18)19)12(8-13)9-15/h6-8,11H,2-5,10H2,1H3. The van der Waals surface area contributed by atoms with Crippen LogP contribution < -0.4 is 4.90 Å². The molecule has 0 aromatic heterocycles. The third-order valence-corrected chi connectivity index (χ3v) is 3.74. The van der Waals surface area contributed by atoms with E-state index < -0.39 is 4.92 Å². The zero-order valence-electron chi connectivity index (χ0n) is 11.0. The van der Waals surface area contributed by atoms with Gasteiger partial charge in [-0.15, -0.1) is 0 Å². The Morgan fingerprint density at radius 2 is 2.16 bits per heavy atom. The van der Waals surface area contributed by atoms with E-state index in [0.29, 0.717) is 5.92 Å². The molecule has 1 aromatic carbocycles. The van der Waals surface area contributed by atoms with Crippen molar-refractivity contribution in [1.82, 2.24) is 0 Å². The second-order valence-corrected chi connectivity index (χ2v) is 5.10. The van der Waals surface area contributed by atoms with E-state index in [1.54, 1.807) is 12.1 Å². The number of benzene rings is 1. The molecule has 2 rings (SSSR count). The van der Waals surface area contributed by atoms with Crippen LogP contribution in [0.15, 0.2) is 18.2 Å². The summed E-state index contributed by atoms with van der Waals surface area (Å²) in [7, 11) is 1.97. The zero-order chi connectivity index (χ0) is 13.8. The Kier molecular flexibility index (Phi) is 4.00. The summed E-state index contributed by atoms with van der Waals surface area (Å²) in [6, 6.07) is 6.63. The highest BCUT2D eigenvalue weighted by atomic mass is 16.6. The minimum Gasteiger partial charge on any atom is -0.374 e.